The molecule has 0 bridgehead atoms. The monoisotopic (exact) mass is 421 g/mol. The molecule has 1 N–H and O–H groups in total. The number of carbonyl (C=O) groups excluding carboxylic acids is 2. The number of rotatable bonds is 7. The lowest BCUT2D eigenvalue weighted by molar-refractivity contribution is -0.129. The molecule has 1 atom stereocenters. The summed E-state index contributed by atoms with van der Waals surface area (Å²) in [5.74, 6) is -0.893. The second kappa shape index (κ2) is 10.3. The molecule has 3 rings (SSSR count). The lowest BCUT2D eigenvalue weighted by Gasteiger charge is -2.40. The van der Waals surface area contributed by atoms with Crippen LogP contribution in [-0.4, -0.2) is 60.4 Å². The highest BCUT2D eigenvalue weighted by Crippen LogP contribution is 2.31. The van der Waals surface area contributed by atoms with Gasteiger partial charge in [0, 0.05) is 44.4 Å². The normalized spacial score (nSPS) is 19.3. The molecule has 0 radical (unpaired) electrons. The van der Waals surface area contributed by atoms with Crippen molar-refractivity contribution in [2.75, 3.05) is 32.7 Å². The van der Waals surface area contributed by atoms with Gasteiger partial charge < -0.3 is 10.2 Å². The van der Waals surface area contributed by atoms with Crippen molar-refractivity contribution in [1.29, 1.82) is 0 Å². The minimum absolute atomic E-state index is 0.0275. The van der Waals surface area contributed by atoms with E-state index in [2.05, 4.69) is 24.1 Å². The quantitative estimate of drug-likeness (QED) is 0.734. The van der Waals surface area contributed by atoms with Crippen LogP contribution in [-0.2, 0) is 4.79 Å². The Morgan fingerprint density at radius 1 is 1.03 bits per heavy atom. The second-order valence-electron chi connectivity index (χ2n) is 8.95. The van der Waals surface area contributed by atoms with Gasteiger partial charge >= 0.3 is 0 Å². The maximum Gasteiger partial charge on any atom is 0.254 e. The molecule has 5 nitrogen and oxygen atoms in total. The SMILES string of the molecule is CC(C)CCNC(=O)C(C1CCCC1)N1CCN(C(=O)c2cc(F)cc(F)c2)CC1. The van der Waals surface area contributed by atoms with E-state index in [1.54, 1.807) is 4.90 Å². The van der Waals surface area contributed by atoms with Crippen molar-refractivity contribution in [2.24, 2.45) is 11.8 Å². The first kappa shape index (κ1) is 22.7. The first-order valence-electron chi connectivity index (χ1n) is 11.1. The summed E-state index contributed by atoms with van der Waals surface area (Å²) in [4.78, 5) is 29.5. The Balaban J connectivity index is 1.62. The average molecular weight is 422 g/mol. The van der Waals surface area contributed by atoms with E-state index in [-0.39, 0.29) is 23.4 Å². The number of hydrogen-bond acceptors (Lipinski definition) is 3. The molecule has 1 aromatic rings. The van der Waals surface area contributed by atoms with E-state index in [0.29, 0.717) is 44.6 Å². The third-order valence-corrected chi connectivity index (χ3v) is 6.24. The largest absolute Gasteiger partial charge is 0.355 e. The van der Waals surface area contributed by atoms with E-state index in [4.69, 9.17) is 0 Å². The molecule has 1 saturated carbocycles. The third kappa shape index (κ3) is 5.78. The van der Waals surface area contributed by atoms with Crippen LogP contribution in [0.3, 0.4) is 0 Å². The van der Waals surface area contributed by atoms with E-state index in [1.807, 2.05) is 0 Å². The summed E-state index contributed by atoms with van der Waals surface area (Å²) in [5.41, 5.74) is 0.0275. The van der Waals surface area contributed by atoms with Crippen molar-refractivity contribution in [3.05, 3.63) is 35.4 Å². The van der Waals surface area contributed by atoms with Crippen LogP contribution in [0.2, 0.25) is 0 Å². The van der Waals surface area contributed by atoms with Gasteiger partial charge in [0.15, 0.2) is 0 Å². The van der Waals surface area contributed by atoms with Gasteiger partial charge in [0.05, 0.1) is 6.04 Å². The van der Waals surface area contributed by atoms with Crippen LogP contribution in [0.25, 0.3) is 0 Å². The van der Waals surface area contributed by atoms with E-state index in [0.717, 1.165) is 50.3 Å². The summed E-state index contributed by atoms with van der Waals surface area (Å²) in [5, 5.41) is 3.12. The minimum Gasteiger partial charge on any atom is -0.355 e. The number of amides is 2. The molecule has 0 aromatic heterocycles. The van der Waals surface area contributed by atoms with Gasteiger partial charge in [-0.25, -0.2) is 8.78 Å². The van der Waals surface area contributed by atoms with Crippen LogP contribution in [0, 0.1) is 23.5 Å². The van der Waals surface area contributed by atoms with Crippen LogP contribution in [0.15, 0.2) is 18.2 Å². The van der Waals surface area contributed by atoms with E-state index in [1.165, 1.54) is 0 Å². The summed E-state index contributed by atoms with van der Waals surface area (Å²) in [6, 6.07) is 2.74. The number of hydrogen-bond donors (Lipinski definition) is 1. The number of benzene rings is 1. The molecule has 1 aliphatic heterocycles. The Morgan fingerprint density at radius 3 is 2.20 bits per heavy atom. The summed E-state index contributed by atoms with van der Waals surface area (Å²) in [6.45, 7) is 7.02. The molecule has 1 heterocycles. The number of carbonyl (C=O) groups is 2. The van der Waals surface area contributed by atoms with Crippen LogP contribution in [0.5, 0.6) is 0 Å². The van der Waals surface area contributed by atoms with Crippen molar-refractivity contribution in [1.82, 2.24) is 15.1 Å². The van der Waals surface area contributed by atoms with E-state index >= 15 is 0 Å². The zero-order valence-corrected chi connectivity index (χ0v) is 18.0. The van der Waals surface area contributed by atoms with Crippen LogP contribution < -0.4 is 5.32 Å². The molecule has 1 saturated heterocycles. The molecule has 0 spiro atoms. The Morgan fingerprint density at radius 2 is 1.63 bits per heavy atom. The lowest BCUT2D eigenvalue weighted by atomic mass is 9.94. The first-order valence-corrected chi connectivity index (χ1v) is 11.1. The molecule has 1 aliphatic carbocycles. The lowest BCUT2D eigenvalue weighted by Crippen LogP contribution is -2.58. The zero-order chi connectivity index (χ0) is 21.7. The van der Waals surface area contributed by atoms with Crippen molar-refractivity contribution >= 4 is 11.8 Å². The molecule has 2 aliphatic rings. The molecule has 2 amide bonds. The number of halogens is 2. The molecule has 7 heteroatoms. The van der Waals surface area contributed by atoms with Gasteiger partial charge in [0.1, 0.15) is 11.6 Å². The predicted molar refractivity (Wildman–Crippen MR) is 112 cm³/mol. The van der Waals surface area contributed by atoms with Crippen LogP contribution in [0.4, 0.5) is 8.78 Å². The fourth-order valence-electron chi connectivity index (χ4n) is 4.60. The van der Waals surface area contributed by atoms with Gasteiger partial charge in [0.2, 0.25) is 5.91 Å². The predicted octanol–water partition coefficient (Wildman–Crippen LogP) is 3.44. The molecular weight excluding hydrogens is 388 g/mol. The Hall–Kier alpha value is -2.02. The molecule has 1 unspecified atom stereocenters. The topological polar surface area (TPSA) is 52.7 Å². The highest BCUT2D eigenvalue weighted by atomic mass is 19.1. The molecule has 2 fully saturated rings. The summed E-state index contributed by atoms with van der Waals surface area (Å²) in [6.07, 6.45) is 5.39. The zero-order valence-electron chi connectivity index (χ0n) is 18.0. The van der Waals surface area contributed by atoms with Crippen molar-refractivity contribution in [3.63, 3.8) is 0 Å². The Bertz CT molecular complexity index is 722. The van der Waals surface area contributed by atoms with Crippen LogP contribution >= 0.6 is 0 Å². The summed E-state index contributed by atoms with van der Waals surface area (Å²) < 4.78 is 26.9. The Kier molecular flexibility index (Phi) is 7.81. The van der Waals surface area contributed by atoms with Crippen molar-refractivity contribution < 1.29 is 18.4 Å². The van der Waals surface area contributed by atoms with E-state index < -0.39 is 11.6 Å². The smallest absolute Gasteiger partial charge is 0.254 e. The van der Waals surface area contributed by atoms with E-state index in [9.17, 15) is 18.4 Å². The number of piperazine rings is 1. The fraction of sp³-hybridized carbons (Fsp3) is 0.652. The minimum atomic E-state index is -0.753. The Labute approximate surface area is 177 Å². The molecule has 30 heavy (non-hydrogen) atoms. The number of nitrogens with zero attached hydrogens (tertiary/aromatic N) is 2. The summed E-state index contributed by atoms with van der Waals surface area (Å²) in [7, 11) is 0. The van der Waals surface area contributed by atoms with Gasteiger partial charge in [-0.15, -0.1) is 0 Å². The van der Waals surface area contributed by atoms with Gasteiger partial charge in [-0.1, -0.05) is 26.7 Å². The second-order valence-corrected chi connectivity index (χ2v) is 8.95. The van der Waals surface area contributed by atoms with Crippen LogP contribution in [0.1, 0.15) is 56.3 Å². The van der Waals surface area contributed by atoms with Gasteiger partial charge in [-0.05, 0) is 43.2 Å². The maximum atomic E-state index is 13.5. The van der Waals surface area contributed by atoms with Gasteiger partial charge in [0.25, 0.3) is 5.91 Å². The maximum absolute atomic E-state index is 13.5. The fourth-order valence-corrected chi connectivity index (χ4v) is 4.60. The van der Waals surface area contributed by atoms with Crippen molar-refractivity contribution in [3.8, 4) is 0 Å². The third-order valence-electron chi connectivity index (χ3n) is 6.24. The van der Waals surface area contributed by atoms with Gasteiger partial charge in [-0.2, -0.15) is 0 Å². The molecule has 1 aromatic carbocycles. The molecule has 166 valence electrons. The highest BCUT2D eigenvalue weighted by Gasteiger charge is 2.37. The first-order chi connectivity index (χ1) is 14.3. The highest BCUT2D eigenvalue weighted by molar-refractivity contribution is 5.94. The average Bonchev–Trinajstić information content (AvgIpc) is 3.21. The molecular formula is C23H33F2N3O2. The van der Waals surface area contributed by atoms with Gasteiger partial charge in [-0.3, -0.25) is 14.5 Å². The van der Waals surface area contributed by atoms with Crippen molar-refractivity contribution in [2.45, 2.75) is 52.0 Å². The number of nitrogens with one attached hydrogen (secondary N) is 1. The standard InChI is InChI=1S/C23H33F2N3O2/c1-16(2)7-8-26-22(29)21(17-5-3-4-6-17)27-9-11-28(12-10-27)23(30)18-13-19(24)15-20(25)14-18/h13-17,21H,3-12H2,1-2H3,(H,26,29). The summed E-state index contributed by atoms with van der Waals surface area (Å²) >= 11 is 0.